The second kappa shape index (κ2) is 11.1. The molecule has 7 nitrogen and oxygen atoms in total. The Hall–Kier alpha value is -1.48. The van der Waals surface area contributed by atoms with Crippen LogP contribution in [0.25, 0.3) is 0 Å². The first-order valence-corrected chi connectivity index (χ1v) is 13.2. The fraction of sp³-hybridized carbons (Fsp3) is 0.708. The summed E-state index contributed by atoms with van der Waals surface area (Å²) in [6, 6.07) is 7.79. The molecule has 2 aliphatic rings. The fourth-order valence-corrected chi connectivity index (χ4v) is 5.53. The number of aldehydes is 1. The molecule has 180 valence electrons. The highest BCUT2D eigenvalue weighted by Gasteiger charge is 2.35. The molecule has 2 fully saturated rings. The third-order valence-electron chi connectivity index (χ3n) is 6.55. The largest absolute Gasteiger partial charge is 0.486 e. The first kappa shape index (κ1) is 25.1. The van der Waals surface area contributed by atoms with E-state index in [9.17, 15) is 13.2 Å². The second-order valence-electron chi connectivity index (χ2n) is 9.87. The number of rotatable bonds is 9. The zero-order valence-corrected chi connectivity index (χ0v) is 20.3. The topological polar surface area (TPSA) is 93.7 Å². The number of benzene rings is 1. The maximum Gasteiger partial charge on any atom is 0.216 e. The van der Waals surface area contributed by atoms with Crippen molar-refractivity contribution in [2.24, 2.45) is 0 Å². The lowest BCUT2D eigenvalue weighted by Crippen LogP contribution is -2.57. The molecule has 0 amide bonds. The molecule has 1 aliphatic carbocycles. The van der Waals surface area contributed by atoms with E-state index in [-0.39, 0.29) is 24.8 Å². The molecule has 2 atom stereocenters. The zero-order valence-electron chi connectivity index (χ0n) is 19.5. The Kier molecular flexibility index (Phi) is 8.72. The van der Waals surface area contributed by atoms with Crippen LogP contribution in [0.1, 0.15) is 70.8 Å². The van der Waals surface area contributed by atoms with E-state index in [1.165, 1.54) is 5.56 Å². The Labute approximate surface area is 192 Å². The third kappa shape index (κ3) is 6.53. The van der Waals surface area contributed by atoms with Crippen molar-refractivity contribution in [1.29, 1.82) is 0 Å². The van der Waals surface area contributed by atoms with Gasteiger partial charge in [0.2, 0.25) is 10.0 Å². The number of para-hydroxylation sites is 1. The van der Waals surface area contributed by atoms with Gasteiger partial charge in [0.25, 0.3) is 0 Å². The van der Waals surface area contributed by atoms with Gasteiger partial charge in [-0.1, -0.05) is 18.2 Å². The molecule has 0 unspecified atom stereocenters. The molecule has 1 heterocycles. The quantitative estimate of drug-likeness (QED) is 0.543. The van der Waals surface area contributed by atoms with Crippen molar-refractivity contribution in [3.8, 4) is 5.75 Å². The predicted molar refractivity (Wildman–Crippen MR) is 126 cm³/mol. The SMILES string of the molecule is CC(C)(C)S(=O)(=O)N[C@H]1CCCN[C@H]1COC1CCC(c2ccccc2OCC=O)CC1. The van der Waals surface area contributed by atoms with E-state index < -0.39 is 14.8 Å². The van der Waals surface area contributed by atoms with Crippen LogP contribution in [0, 0.1) is 0 Å². The standard InChI is InChI=1S/C24H38N2O5S/c1-24(2,3)32(28,29)26-21-8-6-14-25-22(21)17-31-19-12-10-18(11-13-19)20-7-4-5-9-23(20)30-16-15-27/h4-5,7,9,15,18-19,21-22,25-26H,6,8,10-14,16-17H2,1-3H3/t18?,19?,21-,22-/m0/s1. The number of sulfonamides is 1. The molecule has 0 radical (unpaired) electrons. The minimum Gasteiger partial charge on any atom is -0.486 e. The molecule has 1 aromatic rings. The van der Waals surface area contributed by atoms with Gasteiger partial charge in [-0.2, -0.15) is 0 Å². The normalized spacial score (nSPS) is 27.1. The summed E-state index contributed by atoms with van der Waals surface area (Å²) < 4.78 is 39.2. The van der Waals surface area contributed by atoms with Gasteiger partial charge < -0.3 is 14.8 Å². The molecule has 1 aliphatic heterocycles. The summed E-state index contributed by atoms with van der Waals surface area (Å²) in [7, 11) is -3.40. The first-order chi connectivity index (χ1) is 15.2. The highest BCUT2D eigenvalue weighted by atomic mass is 32.2. The molecule has 8 heteroatoms. The van der Waals surface area contributed by atoms with Crippen LogP contribution in [0.2, 0.25) is 0 Å². The molecule has 2 N–H and O–H groups in total. The second-order valence-corrected chi connectivity index (χ2v) is 12.3. The van der Waals surface area contributed by atoms with Crippen molar-refractivity contribution in [2.45, 2.75) is 88.1 Å². The Balaban J connectivity index is 1.51. The summed E-state index contributed by atoms with van der Waals surface area (Å²) in [5, 5.41) is 3.45. The van der Waals surface area contributed by atoms with E-state index in [0.717, 1.165) is 57.1 Å². The van der Waals surface area contributed by atoms with E-state index in [1.807, 2.05) is 18.2 Å². The summed E-state index contributed by atoms with van der Waals surface area (Å²) in [5.41, 5.74) is 1.17. The average Bonchev–Trinajstić information content (AvgIpc) is 2.77. The van der Waals surface area contributed by atoms with Crippen molar-refractivity contribution in [3.63, 3.8) is 0 Å². The van der Waals surface area contributed by atoms with Crippen LogP contribution >= 0.6 is 0 Å². The molecule has 3 rings (SSSR count). The summed E-state index contributed by atoms with van der Waals surface area (Å²) in [4.78, 5) is 10.7. The maximum absolute atomic E-state index is 12.6. The van der Waals surface area contributed by atoms with Crippen molar-refractivity contribution in [1.82, 2.24) is 10.0 Å². The average molecular weight is 467 g/mol. The summed E-state index contributed by atoms with van der Waals surface area (Å²) in [6.45, 7) is 6.62. The Morgan fingerprint density at radius 2 is 1.84 bits per heavy atom. The highest BCUT2D eigenvalue weighted by Crippen LogP contribution is 2.38. The van der Waals surface area contributed by atoms with Crippen molar-refractivity contribution < 1.29 is 22.7 Å². The fourth-order valence-electron chi connectivity index (χ4n) is 4.50. The monoisotopic (exact) mass is 466 g/mol. The van der Waals surface area contributed by atoms with Crippen molar-refractivity contribution >= 4 is 16.3 Å². The molecule has 1 aromatic carbocycles. The van der Waals surface area contributed by atoms with Crippen LogP contribution in [0.3, 0.4) is 0 Å². The molecular formula is C24H38N2O5S. The lowest BCUT2D eigenvalue weighted by atomic mass is 9.82. The van der Waals surface area contributed by atoms with Gasteiger partial charge >= 0.3 is 0 Å². The smallest absolute Gasteiger partial charge is 0.216 e. The highest BCUT2D eigenvalue weighted by molar-refractivity contribution is 7.90. The van der Waals surface area contributed by atoms with Crippen LogP contribution in [-0.2, 0) is 19.6 Å². The van der Waals surface area contributed by atoms with Crippen LogP contribution < -0.4 is 14.8 Å². The molecule has 0 aromatic heterocycles. The van der Waals surface area contributed by atoms with Gasteiger partial charge in [-0.15, -0.1) is 0 Å². The van der Waals surface area contributed by atoms with Gasteiger partial charge in [-0.3, -0.25) is 4.79 Å². The van der Waals surface area contributed by atoms with Crippen LogP contribution in [0.15, 0.2) is 24.3 Å². The predicted octanol–water partition coefficient (Wildman–Crippen LogP) is 3.15. The van der Waals surface area contributed by atoms with Crippen LogP contribution in [0.4, 0.5) is 0 Å². The summed E-state index contributed by atoms with van der Waals surface area (Å²) >= 11 is 0. The number of carbonyl (C=O) groups is 1. The Morgan fingerprint density at radius 1 is 1.12 bits per heavy atom. The van der Waals surface area contributed by atoms with E-state index >= 15 is 0 Å². The summed E-state index contributed by atoms with van der Waals surface area (Å²) in [5.74, 6) is 1.20. The maximum atomic E-state index is 12.6. The minimum absolute atomic E-state index is 0.0175. The Bertz CT molecular complexity index is 844. The van der Waals surface area contributed by atoms with Crippen LogP contribution in [0.5, 0.6) is 5.75 Å². The number of nitrogens with one attached hydrogen (secondary N) is 2. The Morgan fingerprint density at radius 3 is 2.53 bits per heavy atom. The molecular weight excluding hydrogens is 428 g/mol. The molecule has 0 bridgehead atoms. The summed E-state index contributed by atoms with van der Waals surface area (Å²) in [6.07, 6.45) is 6.64. The number of carbonyl (C=O) groups excluding carboxylic acids is 1. The van der Waals surface area contributed by atoms with E-state index in [1.54, 1.807) is 20.8 Å². The van der Waals surface area contributed by atoms with Gasteiger partial charge in [0.05, 0.1) is 17.5 Å². The lowest BCUT2D eigenvalue weighted by molar-refractivity contribution is -0.109. The molecule has 0 spiro atoms. The van der Waals surface area contributed by atoms with Gasteiger partial charge in [-0.25, -0.2) is 13.1 Å². The van der Waals surface area contributed by atoms with Crippen LogP contribution in [-0.4, -0.2) is 57.4 Å². The molecule has 1 saturated heterocycles. The van der Waals surface area contributed by atoms with Gasteiger partial charge in [0.15, 0.2) is 6.29 Å². The number of hydrogen-bond acceptors (Lipinski definition) is 6. The van der Waals surface area contributed by atoms with Gasteiger partial charge in [-0.05, 0) is 83.4 Å². The van der Waals surface area contributed by atoms with E-state index in [4.69, 9.17) is 9.47 Å². The third-order valence-corrected chi connectivity index (χ3v) is 8.77. The molecule has 32 heavy (non-hydrogen) atoms. The first-order valence-electron chi connectivity index (χ1n) is 11.7. The number of piperidine rings is 1. The van der Waals surface area contributed by atoms with Crippen molar-refractivity contribution in [3.05, 3.63) is 29.8 Å². The minimum atomic E-state index is -3.40. The number of ether oxygens (including phenoxy) is 2. The molecule has 1 saturated carbocycles. The van der Waals surface area contributed by atoms with Gasteiger partial charge in [0, 0.05) is 12.1 Å². The van der Waals surface area contributed by atoms with Crippen molar-refractivity contribution in [2.75, 3.05) is 19.8 Å². The van der Waals surface area contributed by atoms with E-state index in [2.05, 4.69) is 16.1 Å². The zero-order chi connectivity index (χ0) is 23.2. The van der Waals surface area contributed by atoms with E-state index in [0.29, 0.717) is 12.5 Å². The lowest BCUT2D eigenvalue weighted by Gasteiger charge is -2.36. The number of hydrogen-bond donors (Lipinski definition) is 2. The van der Waals surface area contributed by atoms with Gasteiger partial charge in [0.1, 0.15) is 12.4 Å².